The highest BCUT2D eigenvalue weighted by atomic mass is 16.3. The van der Waals surface area contributed by atoms with Crippen LogP contribution in [0.25, 0.3) is 0 Å². The molecule has 0 aliphatic carbocycles. The van der Waals surface area contributed by atoms with E-state index < -0.39 is 6.10 Å². The van der Waals surface area contributed by atoms with Crippen molar-refractivity contribution >= 4 is 12.6 Å². The molecule has 0 rings (SSSR count). The van der Waals surface area contributed by atoms with Crippen molar-refractivity contribution in [2.45, 2.75) is 6.10 Å². The summed E-state index contributed by atoms with van der Waals surface area (Å²) in [5.74, 6) is 0. The number of aliphatic hydroxyl groups excluding tert-OH is 1. The van der Waals surface area contributed by atoms with Gasteiger partial charge in [-0.25, -0.2) is 0 Å². The number of aldehydes is 2. The summed E-state index contributed by atoms with van der Waals surface area (Å²) in [5, 5.41) is 7.93. The summed E-state index contributed by atoms with van der Waals surface area (Å²) in [4.78, 5) is 18.5. The minimum absolute atomic E-state index is 0.160. The molecule has 0 saturated heterocycles. The van der Waals surface area contributed by atoms with Gasteiger partial charge in [-0.15, -0.1) is 0 Å². The predicted molar refractivity (Wildman–Crippen MR) is 18.1 cm³/mol. The Labute approximate surface area is 34.6 Å². The van der Waals surface area contributed by atoms with Gasteiger partial charge in [0.2, 0.25) is 0 Å². The van der Waals surface area contributed by atoms with Crippen molar-refractivity contribution in [1.29, 1.82) is 0 Å². The number of aliphatic hydroxyl groups is 1. The number of hydrogen-bond acceptors (Lipinski definition) is 3. The fourth-order valence-electron chi connectivity index (χ4n) is 0.0321. The van der Waals surface area contributed by atoms with Crippen LogP contribution in [0.5, 0.6) is 0 Å². The van der Waals surface area contributed by atoms with Crippen LogP contribution in [-0.2, 0) is 9.59 Å². The first-order chi connectivity index (χ1) is 2.81. The molecule has 0 amide bonds. The van der Waals surface area contributed by atoms with Gasteiger partial charge < -0.3 is 5.11 Å². The van der Waals surface area contributed by atoms with E-state index in [2.05, 4.69) is 0 Å². The Bertz CT molecular complexity index is 51.1. The molecule has 0 aromatic rings. The van der Waals surface area contributed by atoms with Crippen molar-refractivity contribution < 1.29 is 14.7 Å². The number of rotatable bonds is 2. The lowest BCUT2D eigenvalue weighted by Crippen LogP contribution is -2.07. The average Bonchev–Trinajstić information content (AvgIpc) is 1.65. The molecule has 3 heteroatoms. The molecule has 0 aliphatic rings. The second-order valence-electron chi connectivity index (χ2n) is 0.763. The molecule has 0 unspecified atom stereocenters. The largest absolute Gasteiger partial charge is 0.378 e. The highest BCUT2D eigenvalue weighted by molar-refractivity contribution is 5.79. The first-order valence-electron chi connectivity index (χ1n) is 1.40. The third-order valence-electron chi connectivity index (χ3n) is 0.279. The average molecular weight is 88.1 g/mol. The van der Waals surface area contributed by atoms with Crippen molar-refractivity contribution in [3.05, 3.63) is 0 Å². The maximum atomic E-state index is 9.25. The highest BCUT2D eigenvalue weighted by Crippen LogP contribution is 1.59. The summed E-state index contributed by atoms with van der Waals surface area (Å²) < 4.78 is 0. The van der Waals surface area contributed by atoms with Crippen LogP contribution >= 0.6 is 0 Å². The topological polar surface area (TPSA) is 54.4 Å². The van der Waals surface area contributed by atoms with Gasteiger partial charge >= 0.3 is 0 Å². The molecule has 0 saturated carbocycles. The zero-order valence-corrected chi connectivity index (χ0v) is 3.00. The van der Waals surface area contributed by atoms with Gasteiger partial charge in [-0.1, -0.05) is 0 Å². The van der Waals surface area contributed by atoms with E-state index in [0.717, 1.165) is 0 Å². The van der Waals surface area contributed by atoms with Gasteiger partial charge in [0.25, 0.3) is 0 Å². The minimum Gasteiger partial charge on any atom is -0.378 e. The standard InChI is InChI=1S/C3H4O3/c4-1-3(6)2-5/h1-3,6H. The Balaban J connectivity index is 3.21. The van der Waals surface area contributed by atoms with E-state index >= 15 is 0 Å². The van der Waals surface area contributed by atoms with Crippen molar-refractivity contribution in [2.24, 2.45) is 0 Å². The van der Waals surface area contributed by atoms with Gasteiger partial charge in [-0.3, -0.25) is 9.59 Å². The van der Waals surface area contributed by atoms with Gasteiger partial charge in [-0.05, 0) is 0 Å². The molecule has 0 atom stereocenters. The van der Waals surface area contributed by atoms with Gasteiger partial charge in [0.05, 0.1) is 0 Å². The molecule has 0 aromatic carbocycles. The fraction of sp³-hybridized carbons (Fsp3) is 0.333. The molecule has 0 fully saturated rings. The van der Waals surface area contributed by atoms with E-state index in [-0.39, 0.29) is 12.6 Å². The lowest BCUT2D eigenvalue weighted by atomic mass is 10.5. The molecule has 0 aliphatic heterocycles. The predicted octanol–water partition coefficient (Wildman–Crippen LogP) is -1.25. The van der Waals surface area contributed by atoms with Gasteiger partial charge in [0.15, 0.2) is 18.7 Å². The highest BCUT2D eigenvalue weighted by Gasteiger charge is 1.91. The molecule has 0 spiro atoms. The first kappa shape index (κ1) is 5.30. The van der Waals surface area contributed by atoms with Crippen molar-refractivity contribution in [2.75, 3.05) is 0 Å². The second kappa shape index (κ2) is 2.53. The van der Waals surface area contributed by atoms with E-state index in [1.807, 2.05) is 0 Å². The molecule has 0 radical (unpaired) electrons. The Morgan fingerprint density at radius 3 is 1.67 bits per heavy atom. The van der Waals surface area contributed by atoms with Gasteiger partial charge in [0.1, 0.15) is 0 Å². The van der Waals surface area contributed by atoms with Crippen molar-refractivity contribution in [3.8, 4) is 0 Å². The Kier molecular flexibility index (Phi) is 2.24. The lowest BCUT2D eigenvalue weighted by Gasteiger charge is -1.79. The molecule has 0 aromatic heterocycles. The first-order valence-corrected chi connectivity index (χ1v) is 1.40. The Hall–Kier alpha value is -0.700. The Morgan fingerprint density at radius 1 is 1.33 bits per heavy atom. The van der Waals surface area contributed by atoms with Crippen LogP contribution < -0.4 is 0 Å². The van der Waals surface area contributed by atoms with Crippen LogP contribution in [0.15, 0.2) is 0 Å². The van der Waals surface area contributed by atoms with E-state index in [4.69, 9.17) is 5.11 Å². The smallest absolute Gasteiger partial charge is 0.164 e. The van der Waals surface area contributed by atoms with E-state index in [1.54, 1.807) is 0 Å². The third-order valence-corrected chi connectivity index (χ3v) is 0.279. The van der Waals surface area contributed by atoms with Crippen molar-refractivity contribution in [3.63, 3.8) is 0 Å². The number of carbonyl (C=O) groups excluding carboxylic acids is 2. The summed E-state index contributed by atoms with van der Waals surface area (Å²) in [6, 6.07) is 0. The molecule has 6 heavy (non-hydrogen) atoms. The molecular weight excluding hydrogens is 84.0 g/mol. The molecule has 0 bridgehead atoms. The van der Waals surface area contributed by atoms with Crippen LogP contribution in [-0.4, -0.2) is 23.8 Å². The lowest BCUT2D eigenvalue weighted by molar-refractivity contribution is -0.124. The van der Waals surface area contributed by atoms with Gasteiger partial charge in [0, 0.05) is 0 Å². The summed E-state index contributed by atoms with van der Waals surface area (Å²) in [6.45, 7) is 0. The third kappa shape index (κ3) is 1.60. The van der Waals surface area contributed by atoms with Crippen LogP contribution in [0.2, 0.25) is 0 Å². The molecule has 1 N–H and O–H groups in total. The maximum Gasteiger partial charge on any atom is 0.164 e. The minimum atomic E-state index is -1.43. The maximum absolute atomic E-state index is 9.25. The summed E-state index contributed by atoms with van der Waals surface area (Å²) >= 11 is 0. The zero-order chi connectivity index (χ0) is 4.99. The van der Waals surface area contributed by atoms with E-state index in [1.165, 1.54) is 0 Å². The quantitative estimate of drug-likeness (QED) is 0.339. The van der Waals surface area contributed by atoms with Crippen molar-refractivity contribution in [1.82, 2.24) is 0 Å². The second-order valence-corrected chi connectivity index (χ2v) is 0.763. The van der Waals surface area contributed by atoms with Crippen LogP contribution in [0.4, 0.5) is 0 Å². The van der Waals surface area contributed by atoms with Crippen LogP contribution in [0.1, 0.15) is 0 Å². The summed E-state index contributed by atoms with van der Waals surface area (Å²) in [7, 11) is 0. The Morgan fingerprint density at radius 2 is 1.67 bits per heavy atom. The fourth-order valence-corrected chi connectivity index (χ4v) is 0.0321. The SMILES string of the molecule is O=CC(O)C=O. The molecule has 3 nitrogen and oxygen atoms in total. The van der Waals surface area contributed by atoms with Crippen LogP contribution in [0.3, 0.4) is 0 Å². The molecule has 34 valence electrons. The number of carbonyl (C=O) groups is 2. The van der Waals surface area contributed by atoms with E-state index in [0.29, 0.717) is 0 Å². The zero-order valence-electron chi connectivity index (χ0n) is 3.00. The molecular formula is C3H4O3. The van der Waals surface area contributed by atoms with Crippen LogP contribution in [0, 0.1) is 0 Å². The van der Waals surface area contributed by atoms with E-state index in [9.17, 15) is 9.59 Å². The van der Waals surface area contributed by atoms with Gasteiger partial charge in [-0.2, -0.15) is 0 Å². The summed E-state index contributed by atoms with van der Waals surface area (Å²) in [5.41, 5.74) is 0. The normalized spacial score (nSPS) is 8.33. The monoisotopic (exact) mass is 88.0 g/mol. The summed E-state index contributed by atoms with van der Waals surface area (Å²) in [6.07, 6.45) is -1.11. The molecule has 0 heterocycles. The number of hydrogen-bond donors (Lipinski definition) is 1.